The molecule has 30 heavy (non-hydrogen) atoms. The van der Waals surface area contributed by atoms with Crippen molar-refractivity contribution in [2.45, 2.75) is 36.0 Å². The molecule has 0 N–H and O–H groups in total. The van der Waals surface area contributed by atoms with Crippen LogP contribution in [-0.4, -0.2) is 9.13 Å². The van der Waals surface area contributed by atoms with Crippen LogP contribution in [0.25, 0.3) is 9.75 Å². The van der Waals surface area contributed by atoms with Crippen LogP contribution in [0, 0.1) is 7.91 Å². The van der Waals surface area contributed by atoms with Crippen molar-refractivity contribution in [3.63, 3.8) is 0 Å². The molecular formula is C22H18N2S6. The molecule has 152 valence electrons. The summed E-state index contributed by atoms with van der Waals surface area (Å²) in [5.41, 5.74) is 2.54. The van der Waals surface area contributed by atoms with E-state index in [-0.39, 0.29) is 12.1 Å². The van der Waals surface area contributed by atoms with Gasteiger partial charge in [0, 0.05) is 0 Å². The summed E-state index contributed by atoms with van der Waals surface area (Å²) in [6.07, 6.45) is 0. The maximum Gasteiger partial charge on any atom is 0.163 e. The van der Waals surface area contributed by atoms with E-state index >= 15 is 0 Å². The molecule has 2 nitrogen and oxygen atoms in total. The van der Waals surface area contributed by atoms with E-state index in [9.17, 15) is 0 Å². The molecule has 4 aromatic rings. The first-order valence-electron chi connectivity index (χ1n) is 9.51. The van der Waals surface area contributed by atoms with E-state index < -0.39 is 0 Å². The van der Waals surface area contributed by atoms with Crippen LogP contribution < -0.4 is 0 Å². The van der Waals surface area contributed by atoms with Crippen LogP contribution in [0.5, 0.6) is 0 Å². The minimum Gasteiger partial charge on any atom is -0.310 e. The molecule has 0 saturated carbocycles. The molecule has 0 saturated heterocycles. The number of nitrogens with zero attached hydrogens (tertiary/aromatic N) is 2. The summed E-state index contributed by atoms with van der Waals surface area (Å²) in [4.78, 5) is 2.52. The predicted octanol–water partition coefficient (Wildman–Crippen LogP) is 8.87. The summed E-state index contributed by atoms with van der Waals surface area (Å²) in [6, 6.07) is 21.5. The quantitative estimate of drug-likeness (QED) is 0.203. The summed E-state index contributed by atoms with van der Waals surface area (Å²) < 4.78 is 6.44. The minimum absolute atomic E-state index is 0.201. The summed E-state index contributed by atoms with van der Waals surface area (Å²) >= 11 is 15.1. The highest BCUT2D eigenvalue weighted by Crippen LogP contribution is 2.57. The molecule has 2 aromatic heterocycles. The Balaban J connectivity index is 1.62. The fourth-order valence-corrected chi connectivity index (χ4v) is 10.5. The molecule has 8 heteroatoms. The molecule has 1 aliphatic rings. The number of thiazole rings is 2. The average molecular weight is 503 g/mol. The highest BCUT2D eigenvalue weighted by Gasteiger charge is 2.31. The molecule has 0 unspecified atom stereocenters. The van der Waals surface area contributed by atoms with Crippen LogP contribution in [0.15, 0.2) is 70.7 Å². The topological polar surface area (TPSA) is 9.86 Å². The van der Waals surface area contributed by atoms with Crippen molar-refractivity contribution in [1.82, 2.24) is 9.13 Å². The molecule has 0 spiro atoms. The van der Waals surface area contributed by atoms with Crippen molar-refractivity contribution >= 4 is 68.7 Å². The molecule has 0 amide bonds. The summed E-state index contributed by atoms with van der Waals surface area (Å²) in [5.74, 6) is 0. The van der Waals surface area contributed by atoms with Gasteiger partial charge in [0.1, 0.15) is 10.1 Å². The molecule has 0 aliphatic carbocycles. The Kier molecular flexibility index (Phi) is 5.81. The Morgan fingerprint density at radius 1 is 0.633 bits per heavy atom. The van der Waals surface area contributed by atoms with E-state index in [2.05, 4.69) is 83.6 Å². The number of hydrogen-bond donors (Lipinski definition) is 0. The first-order chi connectivity index (χ1) is 14.6. The van der Waals surface area contributed by atoms with Crippen LogP contribution in [0.2, 0.25) is 0 Å². The van der Waals surface area contributed by atoms with E-state index in [4.69, 9.17) is 24.4 Å². The van der Waals surface area contributed by atoms with Gasteiger partial charge in [0.05, 0.1) is 21.8 Å². The first-order valence-corrected chi connectivity index (χ1v) is 14.1. The lowest BCUT2D eigenvalue weighted by molar-refractivity contribution is 0.587. The number of benzene rings is 2. The van der Waals surface area contributed by atoms with Gasteiger partial charge in [-0.05, 0) is 71.0 Å². The van der Waals surface area contributed by atoms with E-state index in [0.717, 1.165) is 7.91 Å². The maximum atomic E-state index is 5.82. The standard InChI is InChI=1S/C22H18N2S6/c1-13(15-9-5-3-6-10-15)23-19-17(27-21(23)25)18-20(30-29-19)24(22(26)28-18)14(2)16-11-7-4-8-12-16/h3-14H,1-2H3/t13-,14-/m0/s1. The number of rotatable bonds is 4. The average Bonchev–Trinajstić information content (AvgIpc) is 3.29. The zero-order chi connectivity index (χ0) is 20.8. The van der Waals surface area contributed by atoms with E-state index in [1.165, 1.54) is 30.9 Å². The fraction of sp³-hybridized carbons (Fsp3) is 0.182. The van der Waals surface area contributed by atoms with Gasteiger partial charge < -0.3 is 9.13 Å². The van der Waals surface area contributed by atoms with Gasteiger partial charge in [0.25, 0.3) is 0 Å². The van der Waals surface area contributed by atoms with Gasteiger partial charge in [-0.1, -0.05) is 60.7 Å². The number of hydrogen-bond acceptors (Lipinski definition) is 6. The Labute approximate surface area is 202 Å². The highest BCUT2D eigenvalue weighted by atomic mass is 33.1. The molecule has 3 heterocycles. The Hall–Kier alpha value is -1.16. The lowest BCUT2D eigenvalue weighted by Crippen LogP contribution is -2.10. The third-order valence-corrected chi connectivity index (χ3v) is 11.0. The Morgan fingerprint density at radius 2 is 1.00 bits per heavy atom. The van der Waals surface area contributed by atoms with Crippen LogP contribution >= 0.6 is 68.7 Å². The van der Waals surface area contributed by atoms with Gasteiger partial charge in [-0.25, -0.2) is 0 Å². The molecule has 1 aliphatic heterocycles. The smallest absolute Gasteiger partial charge is 0.163 e. The SMILES string of the molecule is C[C@@H](c1ccccc1)n1c2c(sc1=S)-c1sc(=S)n([C@@H](C)c3ccccc3)c1SS2. The first kappa shape index (κ1) is 20.7. The number of fused-ring (bicyclic) bond motifs is 3. The molecule has 5 rings (SSSR count). The minimum atomic E-state index is 0.201. The van der Waals surface area contributed by atoms with Gasteiger partial charge in [-0.15, -0.1) is 22.7 Å². The normalized spacial score (nSPS) is 14.7. The molecule has 0 fully saturated rings. The van der Waals surface area contributed by atoms with E-state index in [1.807, 2.05) is 0 Å². The van der Waals surface area contributed by atoms with E-state index in [0.29, 0.717) is 0 Å². The second-order valence-electron chi connectivity index (χ2n) is 7.08. The Morgan fingerprint density at radius 3 is 1.37 bits per heavy atom. The lowest BCUT2D eigenvalue weighted by atomic mass is 10.1. The lowest BCUT2D eigenvalue weighted by Gasteiger charge is -2.22. The maximum absolute atomic E-state index is 5.82. The molecule has 0 bridgehead atoms. The van der Waals surface area contributed by atoms with Crippen molar-refractivity contribution in [3.8, 4) is 9.75 Å². The zero-order valence-corrected chi connectivity index (χ0v) is 21.2. The van der Waals surface area contributed by atoms with Gasteiger partial charge in [-0.3, -0.25) is 0 Å². The van der Waals surface area contributed by atoms with Crippen LogP contribution in [-0.2, 0) is 0 Å². The van der Waals surface area contributed by atoms with Gasteiger partial charge in [-0.2, -0.15) is 0 Å². The highest BCUT2D eigenvalue weighted by molar-refractivity contribution is 8.76. The van der Waals surface area contributed by atoms with Crippen molar-refractivity contribution in [2.75, 3.05) is 0 Å². The van der Waals surface area contributed by atoms with Gasteiger partial charge >= 0.3 is 0 Å². The zero-order valence-electron chi connectivity index (χ0n) is 16.3. The molecule has 0 radical (unpaired) electrons. The third-order valence-electron chi connectivity index (χ3n) is 5.34. The van der Waals surface area contributed by atoms with Crippen LogP contribution in [0.1, 0.15) is 37.1 Å². The van der Waals surface area contributed by atoms with Gasteiger partial charge in [0.2, 0.25) is 0 Å². The molecular weight excluding hydrogens is 485 g/mol. The molecule has 2 aromatic carbocycles. The summed E-state index contributed by atoms with van der Waals surface area (Å²) in [6.45, 7) is 4.45. The second kappa shape index (κ2) is 8.41. The largest absolute Gasteiger partial charge is 0.310 e. The van der Waals surface area contributed by atoms with Crippen molar-refractivity contribution in [1.29, 1.82) is 0 Å². The van der Waals surface area contributed by atoms with Crippen molar-refractivity contribution in [3.05, 3.63) is 79.7 Å². The monoisotopic (exact) mass is 502 g/mol. The molecule has 2 atom stereocenters. The fourth-order valence-electron chi connectivity index (χ4n) is 3.70. The van der Waals surface area contributed by atoms with Crippen LogP contribution in [0.3, 0.4) is 0 Å². The van der Waals surface area contributed by atoms with Gasteiger partial charge in [0.15, 0.2) is 7.91 Å². The third kappa shape index (κ3) is 3.47. The van der Waals surface area contributed by atoms with Crippen molar-refractivity contribution in [2.24, 2.45) is 0 Å². The second-order valence-corrected chi connectivity index (χ2v) is 12.5. The summed E-state index contributed by atoms with van der Waals surface area (Å²) in [5, 5.41) is 2.49. The Bertz CT molecular complexity index is 1210. The summed E-state index contributed by atoms with van der Waals surface area (Å²) in [7, 11) is 3.61. The predicted molar refractivity (Wildman–Crippen MR) is 138 cm³/mol. The van der Waals surface area contributed by atoms with Crippen LogP contribution in [0.4, 0.5) is 0 Å². The number of aromatic nitrogens is 2. The van der Waals surface area contributed by atoms with E-state index in [1.54, 1.807) is 44.3 Å². The van der Waals surface area contributed by atoms with Crippen molar-refractivity contribution < 1.29 is 0 Å².